The van der Waals surface area contributed by atoms with E-state index in [0.29, 0.717) is 6.61 Å². The van der Waals surface area contributed by atoms with Crippen LogP contribution in [0.1, 0.15) is 43.7 Å². The van der Waals surface area contributed by atoms with E-state index in [9.17, 15) is 0 Å². The maximum atomic E-state index is 8.89. The summed E-state index contributed by atoms with van der Waals surface area (Å²) in [5.74, 6) is 0.736. The topological polar surface area (TPSA) is 20.2 Å². The zero-order valence-corrected chi connectivity index (χ0v) is 10.6. The van der Waals surface area contributed by atoms with Crippen LogP contribution in [-0.4, -0.2) is 11.7 Å². The first-order chi connectivity index (χ1) is 7.76. The van der Waals surface area contributed by atoms with Crippen molar-refractivity contribution < 1.29 is 5.11 Å². The van der Waals surface area contributed by atoms with E-state index in [0.717, 1.165) is 25.2 Å². The van der Waals surface area contributed by atoms with Crippen molar-refractivity contribution in [1.29, 1.82) is 0 Å². The van der Waals surface area contributed by atoms with Crippen molar-refractivity contribution in [1.82, 2.24) is 0 Å². The molecule has 0 aromatic heterocycles. The van der Waals surface area contributed by atoms with E-state index in [4.69, 9.17) is 5.11 Å². The van der Waals surface area contributed by atoms with Crippen molar-refractivity contribution in [3.05, 3.63) is 35.4 Å². The number of hydrogen-bond acceptors (Lipinski definition) is 1. The van der Waals surface area contributed by atoms with Gasteiger partial charge in [0.1, 0.15) is 0 Å². The van der Waals surface area contributed by atoms with Crippen LogP contribution in [0.3, 0.4) is 0 Å². The van der Waals surface area contributed by atoms with Gasteiger partial charge in [0.25, 0.3) is 0 Å². The Balaban J connectivity index is 2.49. The molecular weight excluding hydrogens is 196 g/mol. The summed E-state index contributed by atoms with van der Waals surface area (Å²) >= 11 is 0. The lowest BCUT2D eigenvalue weighted by Gasteiger charge is -2.15. The van der Waals surface area contributed by atoms with E-state index in [-0.39, 0.29) is 0 Å². The Hall–Kier alpha value is -0.820. The molecule has 1 unspecified atom stereocenters. The number of benzene rings is 1. The highest BCUT2D eigenvalue weighted by Gasteiger charge is 2.08. The summed E-state index contributed by atoms with van der Waals surface area (Å²) in [5, 5.41) is 8.89. The predicted molar refractivity (Wildman–Crippen MR) is 69.6 cm³/mol. The van der Waals surface area contributed by atoms with Gasteiger partial charge in [-0.3, -0.25) is 0 Å². The fourth-order valence-corrected chi connectivity index (χ4v) is 2.19. The van der Waals surface area contributed by atoms with Crippen LogP contribution in [0, 0.1) is 12.8 Å². The first-order valence-corrected chi connectivity index (χ1v) is 6.42. The molecule has 1 atom stereocenters. The molecule has 0 spiro atoms. The Labute approximate surface area is 99.5 Å². The first-order valence-electron chi connectivity index (χ1n) is 6.42. The zero-order valence-electron chi connectivity index (χ0n) is 10.6. The summed E-state index contributed by atoms with van der Waals surface area (Å²) in [5.41, 5.74) is 2.76. The van der Waals surface area contributed by atoms with Crippen molar-refractivity contribution in [2.45, 2.75) is 46.0 Å². The number of aliphatic hydroxyl groups is 1. The number of hydrogen-bond donors (Lipinski definition) is 1. The van der Waals surface area contributed by atoms with Crippen LogP contribution in [0.2, 0.25) is 0 Å². The lowest BCUT2D eigenvalue weighted by Crippen LogP contribution is -2.05. The van der Waals surface area contributed by atoms with E-state index in [1.807, 2.05) is 0 Å². The van der Waals surface area contributed by atoms with Crippen molar-refractivity contribution in [3.8, 4) is 0 Å². The van der Waals surface area contributed by atoms with Gasteiger partial charge >= 0.3 is 0 Å². The molecule has 1 rings (SSSR count). The van der Waals surface area contributed by atoms with E-state index in [1.54, 1.807) is 0 Å². The summed E-state index contributed by atoms with van der Waals surface area (Å²) < 4.78 is 0. The maximum absolute atomic E-state index is 8.89. The Morgan fingerprint density at radius 3 is 2.38 bits per heavy atom. The highest BCUT2D eigenvalue weighted by Crippen LogP contribution is 2.19. The monoisotopic (exact) mass is 220 g/mol. The summed E-state index contributed by atoms with van der Waals surface area (Å²) in [7, 11) is 0. The molecule has 16 heavy (non-hydrogen) atoms. The Morgan fingerprint density at radius 1 is 1.12 bits per heavy atom. The molecule has 1 aromatic rings. The molecule has 0 fully saturated rings. The third-order valence-electron chi connectivity index (χ3n) is 3.11. The molecule has 0 radical (unpaired) electrons. The van der Waals surface area contributed by atoms with Gasteiger partial charge in [-0.05, 0) is 37.7 Å². The number of aryl methyl sites for hydroxylation is 1. The second-order valence-electron chi connectivity index (χ2n) is 4.71. The van der Waals surface area contributed by atoms with Crippen LogP contribution in [0.5, 0.6) is 0 Å². The molecule has 0 aliphatic carbocycles. The van der Waals surface area contributed by atoms with E-state index in [2.05, 4.69) is 38.1 Å². The second kappa shape index (κ2) is 7.45. The Kier molecular flexibility index (Phi) is 6.17. The maximum Gasteiger partial charge on any atom is 0.0431 e. The van der Waals surface area contributed by atoms with Crippen molar-refractivity contribution in [2.24, 2.45) is 5.92 Å². The predicted octanol–water partition coefficient (Wildman–Crippen LogP) is 3.73. The van der Waals surface area contributed by atoms with Crippen molar-refractivity contribution in [3.63, 3.8) is 0 Å². The molecule has 1 aromatic carbocycles. The molecule has 0 amide bonds. The summed E-state index contributed by atoms with van der Waals surface area (Å²) in [4.78, 5) is 0. The second-order valence-corrected chi connectivity index (χ2v) is 4.71. The summed E-state index contributed by atoms with van der Waals surface area (Å²) in [6.07, 6.45) is 5.76. The van der Waals surface area contributed by atoms with Crippen molar-refractivity contribution >= 4 is 0 Å². The summed E-state index contributed by atoms with van der Waals surface area (Å²) in [6.45, 7) is 4.69. The first kappa shape index (κ1) is 13.2. The van der Waals surface area contributed by atoms with E-state index >= 15 is 0 Å². The van der Waals surface area contributed by atoms with E-state index in [1.165, 1.54) is 24.0 Å². The van der Waals surface area contributed by atoms with Gasteiger partial charge in [0.05, 0.1) is 0 Å². The molecule has 0 bridgehead atoms. The molecule has 0 heterocycles. The minimum absolute atomic E-state index is 0.327. The Bertz CT molecular complexity index is 276. The molecule has 0 aliphatic rings. The molecule has 1 N–H and O–H groups in total. The number of aliphatic hydroxyl groups excluding tert-OH is 1. The lowest BCUT2D eigenvalue weighted by molar-refractivity contribution is 0.267. The largest absolute Gasteiger partial charge is 0.396 e. The van der Waals surface area contributed by atoms with E-state index < -0.39 is 0 Å². The lowest BCUT2D eigenvalue weighted by atomic mass is 9.91. The molecule has 90 valence electrons. The quantitative estimate of drug-likeness (QED) is 0.742. The van der Waals surface area contributed by atoms with Gasteiger partial charge in [-0.1, -0.05) is 49.6 Å². The highest BCUT2D eigenvalue weighted by molar-refractivity contribution is 5.21. The minimum atomic E-state index is 0.327. The SMILES string of the molecule is CCCC(CCCO)Cc1ccc(C)cc1. The van der Waals surface area contributed by atoms with Crippen LogP contribution in [0.4, 0.5) is 0 Å². The van der Waals surface area contributed by atoms with Crippen LogP contribution < -0.4 is 0 Å². The standard InChI is InChI=1S/C15H24O/c1-3-5-14(6-4-11-16)12-15-9-7-13(2)8-10-15/h7-10,14,16H,3-6,11-12H2,1-2H3. The van der Waals surface area contributed by atoms with Crippen LogP contribution in [-0.2, 0) is 6.42 Å². The summed E-state index contributed by atoms with van der Waals surface area (Å²) in [6, 6.07) is 8.84. The van der Waals surface area contributed by atoms with Crippen LogP contribution >= 0.6 is 0 Å². The molecule has 1 nitrogen and oxygen atoms in total. The highest BCUT2D eigenvalue weighted by atomic mass is 16.2. The van der Waals surface area contributed by atoms with Crippen molar-refractivity contribution in [2.75, 3.05) is 6.61 Å². The molecular formula is C15H24O. The molecule has 0 saturated carbocycles. The molecule has 1 heteroatoms. The fraction of sp³-hybridized carbons (Fsp3) is 0.600. The van der Waals surface area contributed by atoms with Crippen LogP contribution in [0.25, 0.3) is 0 Å². The third kappa shape index (κ3) is 4.80. The molecule has 0 aliphatic heterocycles. The van der Waals surface area contributed by atoms with Gasteiger partial charge in [0, 0.05) is 6.61 Å². The van der Waals surface area contributed by atoms with Gasteiger partial charge in [0.15, 0.2) is 0 Å². The third-order valence-corrected chi connectivity index (χ3v) is 3.11. The minimum Gasteiger partial charge on any atom is -0.396 e. The van der Waals surface area contributed by atoms with Gasteiger partial charge < -0.3 is 5.11 Å². The fourth-order valence-electron chi connectivity index (χ4n) is 2.19. The normalized spacial score (nSPS) is 12.7. The van der Waals surface area contributed by atoms with Crippen LogP contribution in [0.15, 0.2) is 24.3 Å². The molecule has 0 saturated heterocycles. The van der Waals surface area contributed by atoms with Gasteiger partial charge in [0.2, 0.25) is 0 Å². The Morgan fingerprint density at radius 2 is 1.81 bits per heavy atom. The van der Waals surface area contributed by atoms with Gasteiger partial charge in [-0.2, -0.15) is 0 Å². The zero-order chi connectivity index (χ0) is 11.8. The average Bonchev–Trinajstić information content (AvgIpc) is 2.29. The average molecular weight is 220 g/mol. The number of rotatable bonds is 7. The smallest absolute Gasteiger partial charge is 0.0431 e. The van der Waals surface area contributed by atoms with Gasteiger partial charge in [-0.15, -0.1) is 0 Å². The van der Waals surface area contributed by atoms with Gasteiger partial charge in [-0.25, -0.2) is 0 Å².